The van der Waals surface area contributed by atoms with E-state index in [1.807, 2.05) is 18.2 Å². The highest BCUT2D eigenvalue weighted by atomic mass is 35.5. The number of amides is 3. The summed E-state index contributed by atoms with van der Waals surface area (Å²) in [6, 6.07) is 21.2. The molecule has 170 valence electrons. The minimum absolute atomic E-state index is 0.0924. The lowest BCUT2D eigenvalue weighted by atomic mass is 10.2. The molecule has 4 rings (SSSR count). The molecule has 0 unspecified atom stereocenters. The monoisotopic (exact) mass is 475 g/mol. The molecular formula is C25H18ClN3O5. The van der Waals surface area contributed by atoms with Crippen LogP contribution in [-0.4, -0.2) is 30.8 Å². The van der Waals surface area contributed by atoms with Crippen molar-refractivity contribution in [2.75, 3.05) is 22.6 Å². The van der Waals surface area contributed by atoms with Gasteiger partial charge in [0, 0.05) is 16.9 Å². The Balaban J connectivity index is 1.47. The molecule has 9 heteroatoms. The number of nitrogens with one attached hydrogen (secondary N) is 2. The van der Waals surface area contributed by atoms with Crippen molar-refractivity contribution in [2.45, 2.75) is 0 Å². The summed E-state index contributed by atoms with van der Waals surface area (Å²) in [5.41, 5.74) is 1.99. The Labute approximate surface area is 199 Å². The molecule has 0 atom stereocenters. The molecule has 8 nitrogen and oxygen atoms in total. The number of hydrogen-bond donors (Lipinski definition) is 2. The Hall–Kier alpha value is -4.43. The number of carbonyl (C=O) groups is 4. The van der Waals surface area contributed by atoms with Crippen molar-refractivity contribution in [1.29, 1.82) is 0 Å². The Morgan fingerprint density at radius 3 is 2.03 bits per heavy atom. The number of halogens is 1. The van der Waals surface area contributed by atoms with Crippen LogP contribution in [-0.2, 0) is 14.3 Å². The van der Waals surface area contributed by atoms with E-state index >= 15 is 0 Å². The molecule has 0 fully saturated rings. The lowest BCUT2D eigenvalue weighted by molar-refractivity contribution is -0.120. The highest BCUT2D eigenvalue weighted by Gasteiger charge is 2.39. The zero-order valence-corrected chi connectivity index (χ0v) is 18.6. The van der Waals surface area contributed by atoms with Gasteiger partial charge in [-0.25, -0.2) is 9.69 Å². The van der Waals surface area contributed by atoms with Crippen LogP contribution in [0, 0.1) is 0 Å². The van der Waals surface area contributed by atoms with E-state index < -0.39 is 17.8 Å². The first kappa shape index (κ1) is 22.8. The van der Waals surface area contributed by atoms with E-state index in [0.29, 0.717) is 16.9 Å². The Morgan fingerprint density at radius 2 is 1.41 bits per heavy atom. The topological polar surface area (TPSA) is 105 Å². The number of ether oxygens (including phenoxy) is 1. The number of para-hydroxylation sites is 1. The van der Waals surface area contributed by atoms with Gasteiger partial charge in [0.25, 0.3) is 17.7 Å². The number of carbonyl (C=O) groups excluding carboxylic acids is 4. The molecule has 3 aromatic rings. The largest absolute Gasteiger partial charge is 0.465 e. The summed E-state index contributed by atoms with van der Waals surface area (Å²) in [7, 11) is 1.26. The standard InChI is InChI=1S/C25H18ClN3O5/c1-34-25(33)16-9-13-19(14-10-16)29-23(31)20(26)21(24(29)32)27-18-11-7-15(8-12-18)22(30)28-17-5-3-2-4-6-17/h2-14,27H,1H3,(H,28,30). The molecule has 34 heavy (non-hydrogen) atoms. The number of rotatable bonds is 6. The smallest absolute Gasteiger partial charge is 0.337 e. The zero-order chi connectivity index (χ0) is 24.2. The first-order chi connectivity index (χ1) is 16.4. The average Bonchev–Trinajstić information content (AvgIpc) is 3.07. The second kappa shape index (κ2) is 9.60. The SMILES string of the molecule is COC(=O)c1ccc(N2C(=O)C(Cl)=C(Nc3ccc(C(=O)Nc4ccccc4)cc3)C2=O)cc1. The number of benzene rings is 3. The predicted octanol–water partition coefficient (Wildman–Crippen LogP) is 4.16. The summed E-state index contributed by atoms with van der Waals surface area (Å²) in [4.78, 5) is 50.5. The molecule has 0 saturated heterocycles. The molecular weight excluding hydrogens is 458 g/mol. The van der Waals surface area contributed by atoms with E-state index in [2.05, 4.69) is 15.4 Å². The summed E-state index contributed by atoms with van der Waals surface area (Å²) >= 11 is 6.16. The van der Waals surface area contributed by atoms with Gasteiger partial charge < -0.3 is 15.4 Å². The number of imide groups is 1. The van der Waals surface area contributed by atoms with Crippen LogP contribution in [0.25, 0.3) is 0 Å². The van der Waals surface area contributed by atoms with E-state index in [0.717, 1.165) is 4.90 Å². The van der Waals surface area contributed by atoms with Gasteiger partial charge in [0.2, 0.25) is 0 Å². The van der Waals surface area contributed by atoms with Crippen molar-refractivity contribution in [3.05, 3.63) is 101 Å². The molecule has 1 aliphatic rings. The van der Waals surface area contributed by atoms with Gasteiger partial charge in [0.1, 0.15) is 10.7 Å². The van der Waals surface area contributed by atoms with Crippen LogP contribution in [0.15, 0.2) is 89.6 Å². The second-order valence-corrected chi connectivity index (χ2v) is 7.57. The van der Waals surface area contributed by atoms with E-state index in [1.54, 1.807) is 36.4 Å². The quantitative estimate of drug-likeness (QED) is 0.409. The van der Waals surface area contributed by atoms with Gasteiger partial charge in [0.15, 0.2) is 0 Å². The van der Waals surface area contributed by atoms with Crippen molar-refractivity contribution >= 4 is 52.4 Å². The molecule has 0 bridgehead atoms. The third-order valence-electron chi connectivity index (χ3n) is 5.02. The van der Waals surface area contributed by atoms with E-state index in [-0.39, 0.29) is 27.9 Å². The summed E-state index contributed by atoms with van der Waals surface area (Å²) in [6.07, 6.45) is 0. The Bertz CT molecular complexity index is 1300. The first-order valence-electron chi connectivity index (χ1n) is 10.1. The van der Waals surface area contributed by atoms with Crippen LogP contribution in [0.4, 0.5) is 17.1 Å². The molecule has 2 N–H and O–H groups in total. The number of esters is 1. The number of anilines is 3. The lowest BCUT2D eigenvalue weighted by Crippen LogP contribution is -2.32. The second-order valence-electron chi connectivity index (χ2n) is 7.20. The van der Waals surface area contributed by atoms with Crippen molar-refractivity contribution in [3.8, 4) is 0 Å². The zero-order valence-electron chi connectivity index (χ0n) is 17.9. The molecule has 0 saturated carbocycles. The van der Waals surface area contributed by atoms with Gasteiger partial charge in [-0.15, -0.1) is 0 Å². The number of hydrogen-bond acceptors (Lipinski definition) is 6. The molecule has 1 aliphatic heterocycles. The van der Waals surface area contributed by atoms with Gasteiger partial charge >= 0.3 is 5.97 Å². The highest BCUT2D eigenvalue weighted by Crippen LogP contribution is 2.30. The lowest BCUT2D eigenvalue weighted by Gasteiger charge is -2.15. The van der Waals surface area contributed by atoms with Crippen LogP contribution in [0.1, 0.15) is 20.7 Å². The number of methoxy groups -OCH3 is 1. The van der Waals surface area contributed by atoms with Crippen LogP contribution in [0.2, 0.25) is 0 Å². The van der Waals surface area contributed by atoms with E-state index in [9.17, 15) is 19.2 Å². The number of nitrogens with zero attached hydrogens (tertiary/aromatic N) is 1. The summed E-state index contributed by atoms with van der Waals surface area (Å²) in [5, 5.41) is 5.37. The molecule has 3 aromatic carbocycles. The van der Waals surface area contributed by atoms with Gasteiger partial charge in [-0.2, -0.15) is 0 Å². The van der Waals surface area contributed by atoms with E-state index in [4.69, 9.17) is 11.6 Å². The van der Waals surface area contributed by atoms with Crippen molar-refractivity contribution in [1.82, 2.24) is 0 Å². The fourth-order valence-corrected chi connectivity index (χ4v) is 3.50. The average molecular weight is 476 g/mol. The minimum Gasteiger partial charge on any atom is -0.465 e. The van der Waals surface area contributed by atoms with Gasteiger partial charge in [0.05, 0.1) is 18.4 Å². The van der Waals surface area contributed by atoms with Crippen LogP contribution in [0.5, 0.6) is 0 Å². The van der Waals surface area contributed by atoms with Crippen molar-refractivity contribution in [3.63, 3.8) is 0 Å². The predicted molar refractivity (Wildman–Crippen MR) is 128 cm³/mol. The maximum Gasteiger partial charge on any atom is 0.337 e. The highest BCUT2D eigenvalue weighted by molar-refractivity contribution is 6.53. The summed E-state index contributed by atoms with van der Waals surface area (Å²) in [6.45, 7) is 0. The van der Waals surface area contributed by atoms with Crippen LogP contribution < -0.4 is 15.5 Å². The molecule has 1 heterocycles. The third-order valence-corrected chi connectivity index (χ3v) is 5.37. The van der Waals surface area contributed by atoms with Gasteiger partial charge in [-0.1, -0.05) is 29.8 Å². The Morgan fingerprint density at radius 1 is 0.794 bits per heavy atom. The molecule has 0 aliphatic carbocycles. The fourth-order valence-electron chi connectivity index (χ4n) is 3.28. The normalized spacial score (nSPS) is 13.2. The van der Waals surface area contributed by atoms with E-state index in [1.165, 1.54) is 31.4 Å². The molecule has 0 radical (unpaired) electrons. The van der Waals surface area contributed by atoms with Crippen LogP contribution >= 0.6 is 11.6 Å². The molecule has 0 aromatic heterocycles. The maximum absolute atomic E-state index is 12.9. The third kappa shape index (κ3) is 4.53. The van der Waals surface area contributed by atoms with Crippen molar-refractivity contribution in [2.24, 2.45) is 0 Å². The van der Waals surface area contributed by atoms with Gasteiger partial charge in [-0.3, -0.25) is 14.4 Å². The molecule has 3 amide bonds. The Kier molecular flexibility index (Phi) is 6.42. The summed E-state index contributed by atoms with van der Waals surface area (Å²) < 4.78 is 4.65. The van der Waals surface area contributed by atoms with Crippen LogP contribution in [0.3, 0.4) is 0 Å². The molecule has 0 spiro atoms. The first-order valence-corrected chi connectivity index (χ1v) is 10.5. The minimum atomic E-state index is -0.696. The fraction of sp³-hybridized carbons (Fsp3) is 0.0400. The summed E-state index contributed by atoms with van der Waals surface area (Å²) in [5.74, 6) is -2.17. The van der Waals surface area contributed by atoms with Crippen molar-refractivity contribution < 1.29 is 23.9 Å². The van der Waals surface area contributed by atoms with Gasteiger partial charge in [-0.05, 0) is 60.7 Å². The maximum atomic E-state index is 12.9.